The molecule has 1 N–H and O–H groups in total. The molecule has 9 heteroatoms. The Morgan fingerprint density at radius 2 is 2.04 bits per heavy atom. The van der Waals surface area contributed by atoms with Crippen molar-refractivity contribution >= 4 is 45.3 Å². The Hall–Kier alpha value is -2.68. The molecule has 124 valence electrons. The fourth-order valence-electron chi connectivity index (χ4n) is 2.30. The lowest BCUT2D eigenvalue weighted by Crippen LogP contribution is -2.37. The van der Waals surface area contributed by atoms with E-state index in [9.17, 15) is 14.4 Å². The van der Waals surface area contributed by atoms with Crippen LogP contribution < -0.4 is 10.2 Å². The highest BCUT2D eigenvalue weighted by atomic mass is 79.9. The summed E-state index contributed by atoms with van der Waals surface area (Å²) < 4.78 is 5.68. The van der Waals surface area contributed by atoms with Gasteiger partial charge in [0.25, 0.3) is 5.91 Å². The van der Waals surface area contributed by atoms with E-state index in [2.05, 4.69) is 26.4 Å². The zero-order valence-electron chi connectivity index (χ0n) is 12.7. The maximum absolute atomic E-state index is 12.4. The summed E-state index contributed by atoms with van der Waals surface area (Å²) in [6.07, 6.45) is 0. The molecule has 2 heterocycles. The van der Waals surface area contributed by atoms with Gasteiger partial charge in [0.15, 0.2) is 5.82 Å². The van der Waals surface area contributed by atoms with E-state index >= 15 is 0 Å². The van der Waals surface area contributed by atoms with Crippen LogP contribution in [0, 0.1) is 6.92 Å². The maximum Gasteiger partial charge on any atom is 0.332 e. The predicted octanol–water partition coefficient (Wildman–Crippen LogP) is 2.15. The first kappa shape index (κ1) is 16.2. The molecule has 0 atom stereocenters. The van der Waals surface area contributed by atoms with Gasteiger partial charge in [-0.25, -0.2) is 9.69 Å². The number of carbonyl (C=O) groups is 3. The summed E-state index contributed by atoms with van der Waals surface area (Å²) in [5, 5.41) is 6.16. The molecule has 0 radical (unpaired) electrons. The van der Waals surface area contributed by atoms with Gasteiger partial charge < -0.3 is 14.7 Å². The van der Waals surface area contributed by atoms with Crippen molar-refractivity contribution in [2.45, 2.75) is 6.92 Å². The molecule has 1 fully saturated rings. The summed E-state index contributed by atoms with van der Waals surface area (Å²) in [7, 11) is 0. The molecule has 3 rings (SSSR count). The van der Waals surface area contributed by atoms with E-state index in [4.69, 9.17) is 4.52 Å². The number of anilines is 2. The lowest BCUT2D eigenvalue weighted by atomic mass is 10.3. The zero-order chi connectivity index (χ0) is 17.3. The van der Waals surface area contributed by atoms with Gasteiger partial charge in [-0.2, -0.15) is 0 Å². The normalized spacial score (nSPS) is 14.4. The standard InChI is InChI=1S/C15H13BrN4O4/c1-9-6-12(18-24-9)17-13(21)7-19-8-14(22)20(15(19)23)11-4-2-10(16)3-5-11/h2-6H,7-8H2,1H3,(H,17,18,21). The van der Waals surface area contributed by atoms with Gasteiger partial charge in [0.2, 0.25) is 5.91 Å². The second kappa shape index (κ2) is 6.44. The van der Waals surface area contributed by atoms with Crippen molar-refractivity contribution in [3.05, 3.63) is 40.6 Å². The second-order valence-electron chi connectivity index (χ2n) is 5.22. The molecule has 0 unspecified atom stereocenters. The number of benzene rings is 1. The summed E-state index contributed by atoms with van der Waals surface area (Å²) in [6.45, 7) is 1.30. The van der Waals surface area contributed by atoms with Crippen molar-refractivity contribution in [2.75, 3.05) is 23.3 Å². The molecule has 24 heavy (non-hydrogen) atoms. The van der Waals surface area contributed by atoms with E-state index in [1.54, 1.807) is 37.3 Å². The summed E-state index contributed by atoms with van der Waals surface area (Å²) in [4.78, 5) is 38.7. The number of aryl methyl sites for hydroxylation is 1. The number of urea groups is 1. The molecule has 1 aromatic heterocycles. The Balaban J connectivity index is 1.67. The molecule has 2 aromatic rings. The van der Waals surface area contributed by atoms with Crippen LogP contribution in [0.5, 0.6) is 0 Å². The quantitative estimate of drug-likeness (QED) is 0.804. The highest BCUT2D eigenvalue weighted by Crippen LogP contribution is 2.23. The molecule has 0 bridgehead atoms. The van der Waals surface area contributed by atoms with Crippen LogP contribution in [0.3, 0.4) is 0 Å². The predicted molar refractivity (Wildman–Crippen MR) is 88.5 cm³/mol. The molecule has 0 saturated carbocycles. The fourth-order valence-corrected chi connectivity index (χ4v) is 2.56. The van der Waals surface area contributed by atoms with Crippen LogP contribution >= 0.6 is 15.9 Å². The molecule has 0 aliphatic carbocycles. The van der Waals surface area contributed by atoms with Gasteiger partial charge in [-0.1, -0.05) is 21.1 Å². The SMILES string of the molecule is Cc1cc(NC(=O)CN2CC(=O)N(c3ccc(Br)cc3)C2=O)no1. The Kier molecular flexibility index (Phi) is 4.34. The molecule has 8 nitrogen and oxygen atoms in total. The lowest BCUT2D eigenvalue weighted by molar-refractivity contribution is -0.118. The van der Waals surface area contributed by atoms with Crippen molar-refractivity contribution in [3.8, 4) is 0 Å². The van der Waals surface area contributed by atoms with E-state index in [1.807, 2.05) is 0 Å². The van der Waals surface area contributed by atoms with Crippen LogP contribution in [0.25, 0.3) is 0 Å². The average molecular weight is 393 g/mol. The molecule has 1 saturated heterocycles. The minimum Gasteiger partial charge on any atom is -0.360 e. The average Bonchev–Trinajstić information content (AvgIpc) is 3.04. The number of hydrogen-bond donors (Lipinski definition) is 1. The number of aromatic nitrogens is 1. The lowest BCUT2D eigenvalue weighted by Gasteiger charge is -2.16. The molecule has 1 aliphatic rings. The summed E-state index contributed by atoms with van der Waals surface area (Å²) >= 11 is 3.30. The van der Waals surface area contributed by atoms with Crippen LogP contribution in [-0.2, 0) is 9.59 Å². The van der Waals surface area contributed by atoms with E-state index in [-0.39, 0.29) is 24.8 Å². The van der Waals surface area contributed by atoms with Crippen molar-refractivity contribution in [3.63, 3.8) is 0 Å². The Labute approximate surface area is 145 Å². The van der Waals surface area contributed by atoms with Crippen LogP contribution in [0.15, 0.2) is 39.3 Å². The topological polar surface area (TPSA) is 95.8 Å². The molecular formula is C15H13BrN4O4. The number of amides is 4. The third-order valence-electron chi connectivity index (χ3n) is 3.35. The minimum atomic E-state index is -0.534. The maximum atomic E-state index is 12.4. The van der Waals surface area contributed by atoms with Gasteiger partial charge in [0.05, 0.1) is 5.69 Å². The van der Waals surface area contributed by atoms with Gasteiger partial charge >= 0.3 is 6.03 Å². The van der Waals surface area contributed by atoms with E-state index < -0.39 is 11.9 Å². The van der Waals surface area contributed by atoms with Crippen LogP contribution in [0.2, 0.25) is 0 Å². The van der Waals surface area contributed by atoms with E-state index in [1.165, 1.54) is 4.90 Å². The number of nitrogens with one attached hydrogen (secondary N) is 1. The Morgan fingerprint density at radius 1 is 1.33 bits per heavy atom. The molecule has 1 aromatic carbocycles. The van der Waals surface area contributed by atoms with Gasteiger partial charge in [-0.05, 0) is 31.2 Å². The van der Waals surface area contributed by atoms with Crippen molar-refractivity contribution in [2.24, 2.45) is 0 Å². The Morgan fingerprint density at radius 3 is 2.67 bits per heavy atom. The van der Waals surface area contributed by atoms with Crippen molar-refractivity contribution in [1.29, 1.82) is 0 Å². The Bertz CT molecular complexity index is 802. The van der Waals surface area contributed by atoms with Gasteiger partial charge in [-0.15, -0.1) is 0 Å². The molecule has 4 amide bonds. The third-order valence-corrected chi connectivity index (χ3v) is 3.88. The van der Waals surface area contributed by atoms with Crippen LogP contribution in [-0.4, -0.2) is 41.0 Å². The van der Waals surface area contributed by atoms with Crippen molar-refractivity contribution < 1.29 is 18.9 Å². The number of rotatable bonds is 4. The van der Waals surface area contributed by atoms with Crippen molar-refractivity contribution in [1.82, 2.24) is 10.1 Å². The molecule has 1 aliphatic heterocycles. The van der Waals surface area contributed by atoms with Gasteiger partial charge in [0, 0.05) is 10.5 Å². The highest BCUT2D eigenvalue weighted by molar-refractivity contribution is 9.10. The number of halogens is 1. The first-order valence-corrected chi connectivity index (χ1v) is 7.84. The highest BCUT2D eigenvalue weighted by Gasteiger charge is 2.38. The summed E-state index contributed by atoms with van der Waals surface area (Å²) in [5.41, 5.74) is 0.461. The van der Waals surface area contributed by atoms with Crippen LogP contribution in [0.1, 0.15) is 5.76 Å². The molecule has 0 spiro atoms. The van der Waals surface area contributed by atoms with Crippen LogP contribution in [0.4, 0.5) is 16.3 Å². The zero-order valence-corrected chi connectivity index (χ0v) is 14.2. The fraction of sp³-hybridized carbons (Fsp3) is 0.200. The summed E-state index contributed by atoms with van der Waals surface area (Å²) in [5.74, 6) is -0.0195. The number of carbonyl (C=O) groups excluding carboxylic acids is 3. The van der Waals surface area contributed by atoms with Gasteiger partial charge in [-0.3, -0.25) is 9.59 Å². The second-order valence-corrected chi connectivity index (χ2v) is 6.13. The molecular weight excluding hydrogens is 380 g/mol. The third kappa shape index (κ3) is 3.30. The number of imide groups is 1. The largest absolute Gasteiger partial charge is 0.360 e. The minimum absolute atomic E-state index is 0.153. The van der Waals surface area contributed by atoms with E-state index in [0.29, 0.717) is 11.4 Å². The van der Waals surface area contributed by atoms with E-state index in [0.717, 1.165) is 9.37 Å². The summed E-state index contributed by atoms with van der Waals surface area (Å²) in [6, 6.07) is 7.80. The van der Waals surface area contributed by atoms with Gasteiger partial charge in [0.1, 0.15) is 18.8 Å². The monoisotopic (exact) mass is 392 g/mol. The smallest absolute Gasteiger partial charge is 0.332 e. The number of hydrogen-bond acceptors (Lipinski definition) is 5. The first-order chi connectivity index (χ1) is 11.4. The number of nitrogens with zero attached hydrogens (tertiary/aromatic N) is 3. The first-order valence-electron chi connectivity index (χ1n) is 7.04.